The van der Waals surface area contributed by atoms with Crippen LogP contribution in [-0.4, -0.2) is 63.8 Å². The number of nitrogens with zero attached hydrogens (tertiary/aromatic N) is 3. The highest BCUT2D eigenvalue weighted by atomic mass is 35.5. The molecule has 1 saturated heterocycles. The molecule has 2 aromatic rings. The van der Waals surface area contributed by atoms with Gasteiger partial charge in [0, 0.05) is 19.7 Å². The van der Waals surface area contributed by atoms with E-state index in [1.807, 2.05) is 18.7 Å². The molecule has 1 fully saturated rings. The van der Waals surface area contributed by atoms with Gasteiger partial charge in [-0.3, -0.25) is 4.79 Å². The van der Waals surface area contributed by atoms with E-state index in [2.05, 4.69) is 20.3 Å². The first-order valence-corrected chi connectivity index (χ1v) is 10.7. The van der Waals surface area contributed by atoms with Crippen molar-refractivity contribution in [1.82, 2.24) is 20.3 Å². The zero-order chi connectivity index (χ0) is 21.0. The maximum Gasteiger partial charge on any atom is 0.347 e. The van der Waals surface area contributed by atoms with Crippen molar-refractivity contribution in [1.29, 1.82) is 0 Å². The average Bonchev–Trinajstić information content (AvgIpc) is 3.34. The molecule has 1 amide bonds. The molecule has 1 aliphatic heterocycles. The van der Waals surface area contributed by atoms with Crippen LogP contribution in [0.25, 0.3) is 0 Å². The number of anilines is 1. The van der Waals surface area contributed by atoms with Crippen LogP contribution in [0, 0.1) is 0 Å². The molecule has 0 bridgehead atoms. The average molecular weight is 442 g/mol. The van der Waals surface area contributed by atoms with Crippen molar-refractivity contribution in [3.63, 3.8) is 0 Å². The van der Waals surface area contributed by atoms with Gasteiger partial charge in [-0.1, -0.05) is 36.8 Å². The van der Waals surface area contributed by atoms with Crippen LogP contribution in [0.4, 0.5) is 5.13 Å². The maximum absolute atomic E-state index is 12.6. The molecule has 0 unspecified atom stereocenters. The standard InChI is InChI=1S/C18H24ClN5O4S/c1-3-7-28-12-9-24(18-20-8-13(29-18)17(26)27)6-5-11(12)22-16(25)15-21-10(4-2)14(19)23-15/h8,11-12H,3-7,9H2,1-2H3,(H,21,23)(H,22,25)(H,26,27)/t11-,12+/m1/s1. The molecule has 0 aromatic carbocycles. The van der Waals surface area contributed by atoms with Crippen LogP contribution < -0.4 is 10.2 Å². The number of aromatic nitrogens is 3. The van der Waals surface area contributed by atoms with E-state index in [4.69, 9.17) is 21.4 Å². The van der Waals surface area contributed by atoms with Crippen molar-refractivity contribution in [2.75, 3.05) is 24.6 Å². The molecule has 11 heteroatoms. The van der Waals surface area contributed by atoms with E-state index in [-0.39, 0.29) is 28.8 Å². The van der Waals surface area contributed by atoms with E-state index in [1.165, 1.54) is 6.20 Å². The highest BCUT2D eigenvalue weighted by molar-refractivity contribution is 7.17. The molecule has 0 saturated carbocycles. The largest absolute Gasteiger partial charge is 0.477 e. The van der Waals surface area contributed by atoms with Gasteiger partial charge in [-0.05, 0) is 19.3 Å². The number of H-pyrrole nitrogens is 1. The number of hydrogen-bond donors (Lipinski definition) is 3. The number of carbonyl (C=O) groups is 2. The molecular weight excluding hydrogens is 418 g/mol. The predicted molar refractivity (Wildman–Crippen MR) is 110 cm³/mol. The number of halogens is 1. The van der Waals surface area contributed by atoms with E-state index in [0.29, 0.717) is 42.8 Å². The Morgan fingerprint density at radius 2 is 2.28 bits per heavy atom. The van der Waals surface area contributed by atoms with Gasteiger partial charge in [-0.15, -0.1) is 0 Å². The SMILES string of the molecule is CCCO[C@H]1CN(c2ncc(C(=O)O)s2)CC[C@H]1NC(=O)c1nc(Cl)c(CC)[nH]1. The fourth-order valence-corrected chi connectivity index (χ4v) is 4.23. The highest BCUT2D eigenvalue weighted by Crippen LogP contribution is 2.27. The van der Waals surface area contributed by atoms with Crippen LogP contribution in [-0.2, 0) is 11.2 Å². The Balaban J connectivity index is 1.69. The number of carboxylic acids is 1. The second kappa shape index (κ2) is 9.55. The van der Waals surface area contributed by atoms with Gasteiger partial charge in [-0.25, -0.2) is 14.8 Å². The van der Waals surface area contributed by atoms with E-state index in [1.54, 1.807) is 0 Å². The fourth-order valence-electron chi connectivity index (χ4n) is 3.17. The molecule has 3 heterocycles. The maximum atomic E-state index is 12.6. The molecule has 3 N–H and O–H groups in total. The van der Waals surface area contributed by atoms with E-state index in [0.717, 1.165) is 23.5 Å². The first-order chi connectivity index (χ1) is 13.9. The molecule has 2 atom stereocenters. The summed E-state index contributed by atoms with van der Waals surface area (Å²) < 4.78 is 5.99. The number of carboxylic acid groups (broad SMARTS) is 1. The zero-order valence-corrected chi connectivity index (χ0v) is 17.8. The van der Waals surface area contributed by atoms with Crippen LogP contribution in [0.15, 0.2) is 6.20 Å². The van der Waals surface area contributed by atoms with Gasteiger partial charge in [-0.2, -0.15) is 0 Å². The summed E-state index contributed by atoms with van der Waals surface area (Å²) in [6.07, 6.45) is 3.26. The number of thiazole rings is 1. The normalized spacial score (nSPS) is 19.3. The molecule has 2 aromatic heterocycles. The summed E-state index contributed by atoms with van der Waals surface area (Å²) in [5.41, 5.74) is 0.725. The Kier molecular flexibility index (Phi) is 7.09. The topological polar surface area (TPSA) is 120 Å². The third-order valence-corrected chi connectivity index (χ3v) is 6.04. The molecule has 29 heavy (non-hydrogen) atoms. The molecule has 3 rings (SSSR count). The van der Waals surface area contributed by atoms with Crippen molar-refractivity contribution in [3.05, 3.63) is 27.7 Å². The summed E-state index contributed by atoms with van der Waals surface area (Å²) in [5.74, 6) is -1.12. The lowest BCUT2D eigenvalue weighted by Gasteiger charge is -2.38. The third kappa shape index (κ3) is 5.06. The lowest BCUT2D eigenvalue weighted by molar-refractivity contribution is 0.0204. The minimum absolute atomic E-state index is 0.189. The summed E-state index contributed by atoms with van der Waals surface area (Å²) >= 11 is 7.17. The van der Waals surface area contributed by atoms with Crippen LogP contribution in [0.3, 0.4) is 0 Å². The highest BCUT2D eigenvalue weighted by Gasteiger charge is 2.33. The van der Waals surface area contributed by atoms with Crippen LogP contribution >= 0.6 is 22.9 Å². The number of amides is 1. The third-order valence-electron chi connectivity index (χ3n) is 4.68. The minimum Gasteiger partial charge on any atom is -0.477 e. The van der Waals surface area contributed by atoms with Gasteiger partial charge < -0.3 is 25.0 Å². The Hall–Kier alpha value is -2.17. The monoisotopic (exact) mass is 441 g/mol. The second-order valence-electron chi connectivity index (χ2n) is 6.74. The lowest BCUT2D eigenvalue weighted by atomic mass is 10.0. The van der Waals surface area contributed by atoms with Crippen molar-refractivity contribution in [2.45, 2.75) is 45.3 Å². The number of rotatable bonds is 8. The molecule has 0 radical (unpaired) electrons. The molecule has 1 aliphatic rings. The van der Waals surface area contributed by atoms with Crippen molar-refractivity contribution < 1.29 is 19.4 Å². The number of aromatic carboxylic acids is 1. The number of aromatic amines is 1. The number of piperidine rings is 1. The first-order valence-electron chi connectivity index (χ1n) is 9.53. The fraction of sp³-hybridized carbons (Fsp3) is 0.556. The van der Waals surface area contributed by atoms with Gasteiger partial charge in [0.25, 0.3) is 5.91 Å². The quantitative estimate of drug-likeness (QED) is 0.575. The Morgan fingerprint density at radius 1 is 1.48 bits per heavy atom. The lowest BCUT2D eigenvalue weighted by Crippen LogP contribution is -2.55. The smallest absolute Gasteiger partial charge is 0.347 e. The van der Waals surface area contributed by atoms with Crippen LogP contribution in [0.1, 0.15) is 52.7 Å². The van der Waals surface area contributed by atoms with Crippen molar-refractivity contribution in [2.24, 2.45) is 0 Å². The van der Waals surface area contributed by atoms with E-state index < -0.39 is 5.97 Å². The number of ether oxygens (including phenoxy) is 1. The molecular formula is C18H24ClN5O4S. The van der Waals surface area contributed by atoms with Crippen LogP contribution in [0.2, 0.25) is 5.15 Å². The number of carbonyl (C=O) groups excluding carboxylic acids is 1. The summed E-state index contributed by atoms with van der Waals surface area (Å²) in [6.45, 7) is 5.65. The molecule has 9 nitrogen and oxygen atoms in total. The van der Waals surface area contributed by atoms with Gasteiger partial charge >= 0.3 is 5.97 Å². The van der Waals surface area contributed by atoms with Gasteiger partial charge in [0.1, 0.15) is 4.88 Å². The molecule has 0 aliphatic carbocycles. The van der Waals surface area contributed by atoms with E-state index >= 15 is 0 Å². The Morgan fingerprint density at radius 3 is 2.90 bits per heavy atom. The van der Waals surface area contributed by atoms with Crippen molar-refractivity contribution >= 4 is 39.9 Å². The number of imidazole rings is 1. The van der Waals surface area contributed by atoms with Gasteiger partial charge in [0.05, 0.1) is 24.0 Å². The predicted octanol–water partition coefficient (Wildman–Crippen LogP) is 2.58. The summed E-state index contributed by atoms with van der Waals surface area (Å²) in [6, 6.07) is -0.196. The first kappa shape index (κ1) is 21.5. The molecule has 158 valence electrons. The summed E-state index contributed by atoms with van der Waals surface area (Å²) in [5, 5.41) is 13.1. The van der Waals surface area contributed by atoms with Gasteiger partial charge in [0.15, 0.2) is 16.1 Å². The number of aryl methyl sites for hydroxylation is 1. The zero-order valence-electron chi connectivity index (χ0n) is 16.3. The number of nitrogens with one attached hydrogen (secondary N) is 2. The van der Waals surface area contributed by atoms with E-state index in [9.17, 15) is 9.59 Å². The number of hydrogen-bond acceptors (Lipinski definition) is 7. The second-order valence-corrected chi connectivity index (χ2v) is 8.11. The Labute approximate surface area is 177 Å². The van der Waals surface area contributed by atoms with Crippen molar-refractivity contribution in [3.8, 4) is 0 Å². The Bertz CT molecular complexity index is 870. The minimum atomic E-state index is -0.988. The van der Waals surface area contributed by atoms with Gasteiger partial charge in [0.2, 0.25) is 0 Å². The summed E-state index contributed by atoms with van der Waals surface area (Å²) in [4.78, 5) is 37.2. The summed E-state index contributed by atoms with van der Waals surface area (Å²) in [7, 11) is 0. The van der Waals surface area contributed by atoms with Crippen LogP contribution in [0.5, 0.6) is 0 Å². The molecule has 0 spiro atoms.